The Hall–Kier alpha value is -1.02. The second-order valence-corrected chi connectivity index (χ2v) is 6.62. The SMILES string of the molecule is CC(C)CNCCC(C)(C)c1cccc2c1OCC2. The van der Waals surface area contributed by atoms with Gasteiger partial charge in [0.15, 0.2) is 0 Å². The largest absolute Gasteiger partial charge is 0.493 e. The van der Waals surface area contributed by atoms with Crippen molar-refractivity contribution in [3.8, 4) is 5.75 Å². The van der Waals surface area contributed by atoms with Gasteiger partial charge < -0.3 is 10.1 Å². The normalized spacial score (nSPS) is 14.6. The average Bonchev–Trinajstić information content (AvgIpc) is 2.82. The fraction of sp³-hybridized carbons (Fsp3) is 0.647. The van der Waals surface area contributed by atoms with Crippen LogP contribution < -0.4 is 10.1 Å². The number of hydrogen-bond acceptors (Lipinski definition) is 2. The van der Waals surface area contributed by atoms with E-state index in [-0.39, 0.29) is 5.41 Å². The first-order valence-corrected chi connectivity index (χ1v) is 7.46. The molecule has 2 rings (SSSR count). The van der Waals surface area contributed by atoms with Gasteiger partial charge >= 0.3 is 0 Å². The van der Waals surface area contributed by atoms with Crippen LogP contribution in [0.1, 0.15) is 45.2 Å². The van der Waals surface area contributed by atoms with Crippen molar-refractivity contribution >= 4 is 0 Å². The van der Waals surface area contributed by atoms with Crippen LogP contribution >= 0.6 is 0 Å². The van der Waals surface area contributed by atoms with E-state index in [4.69, 9.17) is 4.74 Å². The molecule has 106 valence electrons. The number of nitrogens with one attached hydrogen (secondary N) is 1. The molecular weight excluding hydrogens is 234 g/mol. The van der Waals surface area contributed by atoms with E-state index in [9.17, 15) is 0 Å². The monoisotopic (exact) mass is 261 g/mol. The summed E-state index contributed by atoms with van der Waals surface area (Å²) in [5, 5.41) is 3.54. The molecule has 0 aromatic heterocycles. The van der Waals surface area contributed by atoms with Crippen LogP contribution in [0.4, 0.5) is 0 Å². The van der Waals surface area contributed by atoms with E-state index in [1.165, 1.54) is 11.1 Å². The van der Waals surface area contributed by atoms with Crippen molar-refractivity contribution in [2.24, 2.45) is 5.92 Å². The maximum absolute atomic E-state index is 5.84. The van der Waals surface area contributed by atoms with Gasteiger partial charge in [0.2, 0.25) is 0 Å². The van der Waals surface area contributed by atoms with Crippen molar-refractivity contribution in [3.05, 3.63) is 29.3 Å². The Balaban J connectivity index is 2.01. The van der Waals surface area contributed by atoms with Crippen LogP contribution in [-0.2, 0) is 11.8 Å². The van der Waals surface area contributed by atoms with Gasteiger partial charge in [0, 0.05) is 12.0 Å². The Morgan fingerprint density at radius 2 is 2.11 bits per heavy atom. The lowest BCUT2D eigenvalue weighted by molar-refractivity contribution is 0.340. The third kappa shape index (κ3) is 3.50. The maximum Gasteiger partial charge on any atom is 0.126 e. The number of benzene rings is 1. The van der Waals surface area contributed by atoms with E-state index >= 15 is 0 Å². The molecule has 0 atom stereocenters. The molecule has 0 spiro atoms. The van der Waals surface area contributed by atoms with Crippen LogP contribution in [-0.4, -0.2) is 19.7 Å². The minimum Gasteiger partial charge on any atom is -0.493 e. The predicted molar refractivity (Wildman–Crippen MR) is 81.0 cm³/mol. The lowest BCUT2D eigenvalue weighted by Crippen LogP contribution is -2.28. The zero-order chi connectivity index (χ0) is 13.9. The smallest absolute Gasteiger partial charge is 0.126 e. The second kappa shape index (κ2) is 5.96. The van der Waals surface area contributed by atoms with Gasteiger partial charge in [-0.25, -0.2) is 0 Å². The molecular formula is C17H27NO. The van der Waals surface area contributed by atoms with Gasteiger partial charge in [-0.3, -0.25) is 0 Å². The molecule has 0 unspecified atom stereocenters. The van der Waals surface area contributed by atoms with Crippen molar-refractivity contribution in [3.63, 3.8) is 0 Å². The van der Waals surface area contributed by atoms with Gasteiger partial charge in [-0.05, 0) is 36.4 Å². The van der Waals surface area contributed by atoms with E-state index in [0.717, 1.165) is 38.3 Å². The van der Waals surface area contributed by atoms with Crippen LogP contribution in [0.15, 0.2) is 18.2 Å². The number of rotatable bonds is 6. The molecule has 0 aliphatic carbocycles. The molecule has 1 aliphatic heterocycles. The summed E-state index contributed by atoms with van der Waals surface area (Å²) < 4.78 is 5.84. The molecule has 1 heterocycles. The number of hydrogen-bond donors (Lipinski definition) is 1. The van der Waals surface area contributed by atoms with Crippen LogP contribution in [0.5, 0.6) is 5.75 Å². The molecule has 0 radical (unpaired) electrons. The summed E-state index contributed by atoms with van der Waals surface area (Å²) >= 11 is 0. The Morgan fingerprint density at radius 1 is 1.32 bits per heavy atom. The molecule has 0 bridgehead atoms. The lowest BCUT2D eigenvalue weighted by Gasteiger charge is -2.27. The van der Waals surface area contributed by atoms with Crippen LogP contribution in [0.2, 0.25) is 0 Å². The first-order valence-electron chi connectivity index (χ1n) is 7.46. The summed E-state index contributed by atoms with van der Waals surface area (Å²) in [5.41, 5.74) is 2.91. The Labute approximate surface area is 117 Å². The molecule has 1 N–H and O–H groups in total. The standard InChI is InChI=1S/C17H27NO/c1-13(2)12-18-10-9-17(3,4)15-7-5-6-14-8-11-19-16(14)15/h5-7,13,18H,8-12H2,1-4H3. The first-order chi connectivity index (χ1) is 9.00. The van der Waals surface area contributed by atoms with Crippen LogP contribution in [0.3, 0.4) is 0 Å². The molecule has 1 aromatic rings. The van der Waals surface area contributed by atoms with Crippen molar-refractivity contribution in [2.45, 2.75) is 46.0 Å². The highest BCUT2D eigenvalue weighted by molar-refractivity contribution is 5.47. The second-order valence-electron chi connectivity index (χ2n) is 6.62. The molecule has 2 heteroatoms. The fourth-order valence-electron chi connectivity index (χ4n) is 2.67. The number of para-hydroxylation sites is 1. The minimum atomic E-state index is 0.166. The van der Waals surface area contributed by atoms with E-state index in [1.807, 2.05) is 0 Å². The minimum absolute atomic E-state index is 0.166. The Kier molecular flexibility index (Phi) is 4.51. The number of ether oxygens (including phenoxy) is 1. The third-order valence-electron chi connectivity index (χ3n) is 3.92. The molecule has 19 heavy (non-hydrogen) atoms. The van der Waals surface area contributed by atoms with Gasteiger partial charge in [-0.15, -0.1) is 0 Å². The van der Waals surface area contributed by atoms with Crippen molar-refractivity contribution < 1.29 is 4.74 Å². The zero-order valence-corrected chi connectivity index (χ0v) is 12.8. The summed E-state index contributed by atoms with van der Waals surface area (Å²) in [6.07, 6.45) is 2.20. The quantitative estimate of drug-likeness (QED) is 0.791. The van der Waals surface area contributed by atoms with Gasteiger partial charge in [0.05, 0.1) is 6.61 Å². The van der Waals surface area contributed by atoms with Gasteiger partial charge in [0.25, 0.3) is 0 Å². The summed E-state index contributed by atoms with van der Waals surface area (Å²) in [4.78, 5) is 0. The third-order valence-corrected chi connectivity index (χ3v) is 3.92. The maximum atomic E-state index is 5.84. The van der Waals surface area contributed by atoms with E-state index < -0.39 is 0 Å². The predicted octanol–water partition coefficient (Wildman–Crippen LogP) is 3.53. The Morgan fingerprint density at radius 3 is 2.84 bits per heavy atom. The molecule has 0 amide bonds. The molecule has 0 saturated carbocycles. The topological polar surface area (TPSA) is 21.3 Å². The van der Waals surface area contributed by atoms with Crippen molar-refractivity contribution in [1.82, 2.24) is 5.32 Å². The highest BCUT2D eigenvalue weighted by Gasteiger charge is 2.27. The van der Waals surface area contributed by atoms with E-state index in [2.05, 4.69) is 51.2 Å². The summed E-state index contributed by atoms with van der Waals surface area (Å²) in [6, 6.07) is 6.59. The zero-order valence-electron chi connectivity index (χ0n) is 12.8. The van der Waals surface area contributed by atoms with Crippen molar-refractivity contribution in [2.75, 3.05) is 19.7 Å². The van der Waals surface area contributed by atoms with Crippen LogP contribution in [0.25, 0.3) is 0 Å². The summed E-state index contributed by atoms with van der Waals surface area (Å²) in [7, 11) is 0. The molecule has 0 fully saturated rings. The van der Waals surface area contributed by atoms with Gasteiger partial charge in [0.1, 0.15) is 5.75 Å². The van der Waals surface area contributed by atoms with Crippen molar-refractivity contribution in [1.29, 1.82) is 0 Å². The fourth-order valence-corrected chi connectivity index (χ4v) is 2.67. The molecule has 1 aromatic carbocycles. The van der Waals surface area contributed by atoms with Gasteiger partial charge in [-0.2, -0.15) is 0 Å². The highest BCUT2D eigenvalue weighted by atomic mass is 16.5. The highest BCUT2D eigenvalue weighted by Crippen LogP contribution is 2.38. The van der Waals surface area contributed by atoms with E-state index in [0.29, 0.717) is 5.92 Å². The summed E-state index contributed by atoms with van der Waals surface area (Å²) in [6.45, 7) is 12.1. The first kappa shape index (κ1) is 14.4. The molecule has 0 saturated heterocycles. The molecule has 2 nitrogen and oxygen atoms in total. The molecule has 1 aliphatic rings. The van der Waals surface area contributed by atoms with Gasteiger partial charge in [-0.1, -0.05) is 45.9 Å². The number of fused-ring (bicyclic) bond motifs is 1. The van der Waals surface area contributed by atoms with Crippen LogP contribution in [0, 0.1) is 5.92 Å². The van der Waals surface area contributed by atoms with E-state index in [1.54, 1.807) is 0 Å². The lowest BCUT2D eigenvalue weighted by atomic mass is 9.80. The Bertz CT molecular complexity index is 423. The summed E-state index contributed by atoms with van der Waals surface area (Å²) in [5.74, 6) is 1.86. The average molecular weight is 261 g/mol.